The Morgan fingerprint density at radius 3 is 2.42 bits per heavy atom. The second kappa shape index (κ2) is 5.67. The summed E-state index contributed by atoms with van der Waals surface area (Å²) in [6.07, 6.45) is 0. The van der Waals surface area contributed by atoms with Crippen LogP contribution in [0.1, 0.15) is 5.56 Å². The Bertz CT molecular complexity index is 1110. The molecule has 1 saturated heterocycles. The molecule has 1 aromatic heterocycles. The van der Waals surface area contributed by atoms with E-state index < -0.39 is 10.0 Å². The van der Waals surface area contributed by atoms with Crippen molar-refractivity contribution in [3.8, 4) is 11.3 Å². The predicted octanol–water partition coefficient (Wildman–Crippen LogP) is 2.61. The number of benzene rings is 2. The molecule has 134 valence electrons. The Balaban J connectivity index is 1.74. The molecule has 2 aliphatic rings. The van der Waals surface area contributed by atoms with E-state index in [0.29, 0.717) is 4.90 Å². The van der Waals surface area contributed by atoms with E-state index in [1.807, 2.05) is 36.4 Å². The first kappa shape index (κ1) is 16.1. The van der Waals surface area contributed by atoms with Crippen LogP contribution in [0.4, 0.5) is 0 Å². The third kappa shape index (κ3) is 2.19. The van der Waals surface area contributed by atoms with Crippen molar-refractivity contribution in [1.29, 1.82) is 0 Å². The molecule has 6 heteroatoms. The first-order valence-electron chi connectivity index (χ1n) is 8.95. The molecule has 5 nitrogen and oxygen atoms in total. The molecule has 1 fully saturated rings. The monoisotopic (exact) mass is 367 g/mol. The highest BCUT2D eigenvalue weighted by Gasteiger charge is 2.37. The average molecular weight is 367 g/mol. The van der Waals surface area contributed by atoms with Gasteiger partial charge < -0.3 is 4.90 Å². The number of nitrogens with zero attached hydrogens (tertiary/aromatic N) is 3. The Kier molecular flexibility index (Phi) is 3.50. The maximum Gasteiger partial charge on any atom is 0.269 e. The molecule has 0 radical (unpaired) electrons. The molecule has 0 bridgehead atoms. The Morgan fingerprint density at radius 1 is 0.923 bits per heavy atom. The summed E-state index contributed by atoms with van der Waals surface area (Å²) < 4.78 is 27.9. The van der Waals surface area contributed by atoms with Gasteiger partial charge in [-0.2, -0.15) is 0 Å². The summed E-state index contributed by atoms with van der Waals surface area (Å²) in [5.74, 6) is 0. The highest BCUT2D eigenvalue weighted by atomic mass is 32.2. The van der Waals surface area contributed by atoms with Gasteiger partial charge in [0.15, 0.2) is 0 Å². The van der Waals surface area contributed by atoms with Crippen LogP contribution in [0.5, 0.6) is 0 Å². The first-order valence-corrected chi connectivity index (χ1v) is 10.4. The molecule has 0 unspecified atom stereocenters. The molecule has 3 aromatic rings. The fourth-order valence-electron chi connectivity index (χ4n) is 4.17. The van der Waals surface area contributed by atoms with Gasteiger partial charge in [0, 0.05) is 49.2 Å². The van der Waals surface area contributed by atoms with Crippen LogP contribution in [0, 0.1) is 0 Å². The van der Waals surface area contributed by atoms with Crippen LogP contribution < -0.4 is 0 Å². The lowest BCUT2D eigenvalue weighted by Gasteiger charge is -2.32. The van der Waals surface area contributed by atoms with Crippen LogP contribution in [-0.2, 0) is 16.6 Å². The molecular formula is C20H21N3O2S. The quantitative estimate of drug-likeness (QED) is 0.546. The van der Waals surface area contributed by atoms with Gasteiger partial charge in [0.2, 0.25) is 0 Å². The number of likely N-dealkylation sites (N-methyl/N-ethyl adjacent to an activating group) is 1. The molecule has 3 heterocycles. The van der Waals surface area contributed by atoms with Gasteiger partial charge in [-0.05, 0) is 19.2 Å². The lowest BCUT2D eigenvalue weighted by atomic mass is 10.0. The van der Waals surface area contributed by atoms with Crippen molar-refractivity contribution in [2.24, 2.45) is 0 Å². The minimum atomic E-state index is -3.53. The number of para-hydroxylation sites is 1. The van der Waals surface area contributed by atoms with Crippen LogP contribution in [0.2, 0.25) is 0 Å². The van der Waals surface area contributed by atoms with Crippen LogP contribution in [0.25, 0.3) is 22.2 Å². The van der Waals surface area contributed by atoms with Crippen molar-refractivity contribution < 1.29 is 8.42 Å². The van der Waals surface area contributed by atoms with Crippen molar-refractivity contribution in [2.75, 3.05) is 33.2 Å². The zero-order valence-electron chi connectivity index (χ0n) is 14.7. The van der Waals surface area contributed by atoms with Gasteiger partial charge in [0.05, 0.1) is 16.1 Å². The minimum absolute atomic E-state index is 0.417. The maximum absolute atomic E-state index is 13.2. The molecule has 0 N–H and O–H groups in total. The van der Waals surface area contributed by atoms with Crippen molar-refractivity contribution in [2.45, 2.75) is 11.4 Å². The molecule has 26 heavy (non-hydrogen) atoms. The summed E-state index contributed by atoms with van der Waals surface area (Å²) in [6, 6.07) is 15.2. The summed E-state index contributed by atoms with van der Waals surface area (Å²) in [5, 5.41) is 1.04. The number of piperazine rings is 1. The lowest BCUT2D eigenvalue weighted by Crippen LogP contribution is -2.43. The molecule has 0 atom stereocenters. The summed E-state index contributed by atoms with van der Waals surface area (Å²) in [4.78, 5) is 5.18. The first-order chi connectivity index (χ1) is 12.6. The van der Waals surface area contributed by atoms with Crippen molar-refractivity contribution in [3.63, 3.8) is 0 Å². The maximum atomic E-state index is 13.2. The zero-order valence-corrected chi connectivity index (χ0v) is 15.5. The molecule has 0 amide bonds. The van der Waals surface area contributed by atoms with E-state index >= 15 is 0 Å². The van der Waals surface area contributed by atoms with Crippen LogP contribution in [-0.4, -0.2) is 55.4 Å². The second-order valence-electron chi connectivity index (χ2n) is 7.19. The number of hydrogen-bond donors (Lipinski definition) is 0. The molecular weight excluding hydrogens is 346 g/mol. The Morgan fingerprint density at radius 2 is 1.62 bits per heavy atom. The van der Waals surface area contributed by atoms with Crippen molar-refractivity contribution in [3.05, 3.63) is 54.1 Å². The third-order valence-electron chi connectivity index (χ3n) is 5.57. The van der Waals surface area contributed by atoms with Crippen LogP contribution >= 0.6 is 0 Å². The number of rotatable bonds is 2. The summed E-state index contributed by atoms with van der Waals surface area (Å²) in [5.41, 5.74) is 3.58. The average Bonchev–Trinajstić information content (AvgIpc) is 3.10. The SMILES string of the molecule is CN1CCN(Cc2c3n(c4ccccc24)S(=O)(=O)c2ccccc2-3)CC1. The lowest BCUT2D eigenvalue weighted by molar-refractivity contribution is 0.148. The predicted molar refractivity (Wildman–Crippen MR) is 103 cm³/mol. The van der Waals surface area contributed by atoms with Gasteiger partial charge >= 0.3 is 0 Å². The van der Waals surface area contributed by atoms with E-state index in [1.54, 1.807) is 16.1 Å². The van der Waals surface area contributed by atoms with Crippen molar-refractivity contribution in [1.82, 2.24) is 13.8 Å². The number of aromatic nitrogens is 1. The number of fused-ring (bicyclic) bond motifs is 5. The van der Waals surface area contributed by atoms with E-state index in [9.17, 15) is 8.42 Å². The summed E-state index contributed by atoms with van der Waals surface area (Å²) in [6.45, 7) is 4.87. The second-order valence-corrected chi connectivity index (χ2v) is 8.94. The van der Waals surface area contributed by atoms with Crippen LogP contribution in [0.15, 0.2) is 53.4 Å². The minimum Gasteiger partial charge on any atom is -0.304 e. The highest BCUT2D eigenvalue weighted by Crippen LogP contribution is 2.45. The summed E-state index contributed by atoms with van der Waals surface area (Å²) in [7, 11) is -1.39. The van der Waals surface area contributed by atoms with E-state index in [0.717, 1.165) is 60.4 Å². The van der Waals surface area contributed by atoms with Gasteiger partial charge in [-0.25, -0.2) is 12.4 Å². The van der Waals surface area contributed by atoms with Gasteiger partial charge in [-0.1, -0.05) is 36.4 Å². The largest absolute Gasteiger partial charge is 0.304 e. The molecule has 0 saturated carbocycles. The smallest absolute Gasteiger partial charge is 0.269 e. The number of hydrogen-bond acceptors (Lipinski definition) is 4. The van der Waals surface area contributed by atoms with E-state index in [1.165, 1.54) is 0 Å². The third-order valence-corrected chi connectivity index (χ3v) is 7.35. The van der Waals surface area contributed by atoms with E-state index in [2.05, 4.69) is 16.8 Å². The normalized spacial score (nSPS) is 19.6. The topological polar surface area (TPSA) is 45.5 Å². The van der Waals surface area contributed by atoms with Gasteiger partial charge in [-0.3, -0.25) is 4.90 Å². The van der Waals surface area contributed by atoms with Gasteiger partial charge in [0.1, 0.15) is 0 Å². The molecule has 2 aliphatic heterocycles. The molecule has 5 rings (SSSR count). The van der Waals surface area contributed by atoms with E-state index in [4.69, 9.17) is 0 Å². The fourth-order valence-corrected chi connectivity index (χ4v) is 5.93. The van der Waals surface area contributed by atoms with E-state index in [-0.39, 0.29) is 0 Å². The van der Waals surface area contributed by atoms with Gasteiger partial charge in [0.25, 0.3) is 10.0 Å². The molecule has 0 aliphatic carbocycles. The standard InChI is InChI=1S/C20H21N3O2S/c1-21-10-12-22(13-11-21)14-17-15-6-2-4-8-18(15)23-20(17)16-7-3-5-9-19(16)26(23,24)25/h2-9H,10-14H2,1H3. The molecule has 2 aromatic carbocycles. The van der Waals surface area contributed by atoms with Gasteiger partial charge in [-0.15, -0.1) is 0 Å². The molecule has 0 spiro atoms. The Hall–Kier alpha value is -2.15. The Labute approximate surface area is 153 Å². The highest BCUT2D eigenvalue weighted by molar-refractivity contribution is 7.90. The fraction of sp³-hybridized carbons (Fsp3) is 0.300. The summed E-state index contributed by atoms with van der Waals surface area (Å²) >= 11 is 0. The zero-order chi connectivity index (χ0) is 17.9. The van der Waals surface area contributed by atoms with Crippen LogP contribution in [0.3, 0.4) is 0 Å². The van der Waals surface area contributed by atoms with Crippen molar-refractivity contribution >= 4 is 20.9 Å².